The fourth-order valence-corrected chi connectivity index (χ4v) is 3.36. The number of hydrogen-bond donors (Lipinski definition) is 0. The van der Waals surface area contributed by atoms with Crippen LogP contribution in [0.4, 0.5) is 0 Å². The van der Waals surface area contributed by atoms with Crippen LogP contribution < -0.4 is 4.78 Å². The zero-order valence-electron chi connectivity index (χ0n) is 13.3. The summed E-state index contributed by atoms with van der Waals surface area (Å²) < 4.78 is 13.4. The van der Waals surface area contributed by atoms with Gasteiger partial charge in [0.1, 0.15) is 0 Å². The summed E-state index contributed by atoms with van der Waals surface area (Å²) in [5.74, 6) is 0. The van der Waals surface area contributed by atoms with Gasteiger partial charge >= 0.3 is 7.12 Å². The van der Waals surface area contributed by atoms with E-state index in [2.05, 4.69) is 71.0 Å². The van der Waals surface area contributed by atoms with Gasteiger partial charge in [-0.3, -0.25) is 0 Å². The lowest BCUT2D eigenvalue weighted by Crippen LogP contribution is -2.41. The molecule has 0 saturated carbocycles. The lowest BCUT2D eigenvalue weighted by molar-refractivity contribution is 0.00578. The molecule has 0 spiro atoms. The summed E-state index contributed by atoms with van der Waals surface area (Å²) in [6.45, 7) is 10.5. The van der Waals surface area contributed by atoms with Crippen LogP contribution in [0.2, 0.25) is 0 Å². The van der Waals surface area contributed by atoms with E-state index in [1.165, 1.54) is 16.0 Å². The van der Waals surface area contributed by atoms with E-state index in [9.17, 15) is 0 Å². The van der Waals surface area contributed by atoms with Crippen molar-refractivity contribution in [1.82, 2.24) is 0 Å². The Bertz CT molecular complexity index is 644. The van der Waals surface area contributed by atoms with Gasteiger partial charge in [0.25, 0.3) is 0 Å². The van der Waals surface area contributed by atoms with E-state index in [1.807, 2.05) is 0 Å². The molecule has 3 rings (SSSR count). The van der Waals surface area contributed by atoms with Crippen molar-refractivity contribution in [3.05, 3.63) is 42.0 Å². The van der Waals surface area contributed by atoms with Crippen LogP contribution in [0.15, 0.2) is 36.4 Å². The second kappa shape index (κ2) is 4.97. The fourth-order valence-electron chi connectivity index (χ4n) is 2.39. The fraction of sp³-hybridized carbons (Fsp3) is 0.412. The van der Waals surface area contributed by atoms with Crippen molar-refractivity contribution >= 4 is 23.2 Å². The quantitative estimate of drug-likeness (QED) is 0.780. The second-order valence-corrected chi connectivity index (χ2v) is 7.78. The minimum Gasteiger partial charge on any atom is -0.399 e. The molecule has 4 heteroatoms. The Hall–Kier alpha value is -1.10. The highest BCUT2D eigenvalue weighted by atomic mass is 32.1. The largest absolute Gasteiger partial charge is 0.505 e. The molecule has 1 aromatic carbocycles. The molecule has 21 heavy (non-hydrogen) atoms. The Morgan fingerprint density at radius 1 is 0.952 bits per heavy atom. The Kier molecular flexibility index (Phi) is 3.51. The molecule has 2 aromatic rings. The number of rotatable bonds is 2. The zero-order valence-corrected chi connectivity index (χ0v) is 14.1. The minimum atomic E-state index is -0.287. The molecule has 1 aliphatic rings. The van der Waals surface area contributed by atoms with Crippen molar-refractivity contribution < 1.29 is 9.31 Å². The van der Waals surface area contributed by atoms with Crippen LogP contribution in [0.25, 0.3) is 10.4 Å². The first-order valence-electron chi connectivity index (χ1n) is 7.31. The maximum absolute atomic E-state index is 6.11. The third-order valence-corrected chi connectivity index (χ3v) is 5.57. The molecule has 2 nitrogen and oxygen atoms in total. The average molecular weight is 300 g/mol. The summed E-state index contributed by atoms with van der Waals surface area (Å²) in [4.78, 5) is 1.25. The smallest absolute Gasteiger partial charge is 0.399 e. The molecular weight excluding hydrogens is 279 g/mol. The molecule has 1 aromatic heterocycles. The maximum Gasteiger partial charge on any atom is 0.505 e. The molecule has 1 saturated heterocycles. The van der Waals surface area contributed by atoms with Crippen LogP contribution in [0, 0.1) is 6.92 Å². The SMILES string of the molecule is Cc1cccc(-c2ccc(B3OC(C)(C)C(C)(C)O3)s2)c1. The topological polar surface area (TPSA) is 18.5 Å². The van der Waals surface area contributed by atoms with Gasteiger partial charge in [0.05, 0.1) is 11.2 Å². The standard InChI is InChI=1S/C17H21BO2S/c1-12-7-6-8-13(11-12)14-9-10-15(21-14)18-19-16(2,3)17(4,5)20-18/h6-11H,1-5H3. The van der Waals surface area contributed by atoms with Crippen molar-refractivity contribution in [2.75, 3.05) is 0 Å². The van der Waals surface area contributed by atoms with E-state index in [0.29, 0.717) is 0 Å². The first-order chi connectivity index (χ1) is 9.78. The summed E-state index contributed by atoms with van der Waals surface area (Å²) in [5.41, 5.74) is 1.96. The van der Waals surface area contributed by atoms with Crippen molar-refractivity contribution in [3.8, 4) is 10.4 Å². The van der Waals surface area contributed by atoms with Gasteiger partial charge in [0.15, 0.2) is 0 Å². The van der Waals surface area contributed by atoms with Crippen LogP contribution in [-0.2, 0) is 9.31 Å². The maximum atomic E-state index is 6.11. The lowest BCUT2D eigenvalue weighted by atomic mass is 9.88. The molecule has 110 valence electrons. The molecule has 2 heterocycles. The zero-order chi connectivity index (χ0) is 15.3. The summed E-state index contributed by atoms with van der Waals surface area (Å²) in [6.07, 6.45) is 0. The Labute approximate surface area is 131 Å². The number of benzene rings is 1. The monoisotopic (exact) mass is 300 g/mol. The molecule has 0 aliphatic carbocycles. The van der Waals surface area contributed by atoms with E-state index in [0.717, 1.165) is 4.78 Å². The van der Waals surface area contributed by atoms with E-state index in [4.69, 9.17) is 9.31 Å². The minimum absolute atomic E-state index is 0.265. The highest BCUT2D eigenvalue weighted by Gasteiger charge is 2.52. The first-order valence-corrected chi connectivity index (χ1v) is 8.13. The molecular formula is C17H21BO2S. The Morgan fingerprint density at radius 2 is 1.62 bits per heavy atom. The highest BCUT2D eigenvalue weighted by Crippen LogP contribution is 2.37. The number of hydrogen-bond acceptors (Lipinski definition) is 3. The van der Waals surface area contributed by atoms with Gasteiger partial charge in [-0.15, -0.1) is 11.3 Å². The average Bonchev–Trinajstić information content (AvgIpc) is 2.93. The lowest BCUT2D eigenvalue weighted by Gasteiger charge is -2.32. The van der Waals surface area contributed by atoms with Crippen LogP contribution >= 0.6 is 11.3 Å². The van der Waals surface area contributed by atoms with Gasteiger partial charge in [0.2, 0.25) is 0 Å². The molecule has 0 radical (unpaired) electrons. The summed E-state index contributed by atoms with van der Waals surface area (Å²) in [7, 11) is -0.265. The predicted octanol–water partition coefficient (Wildman–Crippen LogP) is 4.02. The van der Waals surface area contributed by atoms with E-state index >= 15 is 0 Å². The molecule has 0 unspecified atom stereocenters. The van der Waals surface area contributed by atoms with E-state index in [-0.39, 0.29) is 18.3 Å². The van der Waals surface area contributed by atoms with Gasteiger partial charge in [0, 0.05) is 9.65 Å². The predicted molar refractivity (Wildman–Crippen MR) is 90.2 cm³/mol. The van der Waals surface area contributed by atoms with Crippen LogP contribution in [-0.4, -0.2) is 18.3 Å². The van der Waals surface area contributed by atoms with Crippen LogP contribution in [0.5, 0.6) is 0 Å². The molecule has 0 N–H and O–H groups in total. The molecule has 1 aliphatic heterocycles. The molecule has 1 fully saturated rings. The normalized spacial score (nSPS) is 20.0. The summed E-state index contributed by atoms with van der Waals surface area (Å²) in [6, 6.07) is 12.8. The van der Waals surface area contributed by atoms with Gasteiger partial charge < -0.3 is 9.31 Å². The number of aryl methyl sites for hydroxylation is 1. The Morgan fingerprint density at radius 3 is 2.24 bits per heavy atom. The Balaban J connectivity index is 1.87. The molecule has 0 amide bonds. The van der Waals surface area contributed by atoms with Gasteiger partial charge in [-0.25, -0.2) is 0 Å². The van der Waals surface area contributed by atoms with Crippen molar-refractivity contribution in [1.29, 1.82) is 0 Å². The van der Waals surface area contributed by atoms with E-state index < -0.39 is 0 Å². The van der Waals surface area contributed by atoms with Gasteiger partial charge in [-0.2, -0.15) is 0 Å². The van der Waals surface area contributed by atoms with Crippen LogP contribution in [0.1, 0.15) is 33.3 Å². The third-order valence-electron chi connectivity index (χ3n) is 4.41. The third kappa shape index (κ3) is 2.68. The van der Waals surface area contributed by atoms with Crippen molar-refractivity contribution in [2.45, 2.75) is 45.8 Å². The number of thiophene rings is 1. The summed E-state index contributed by atoms with van der Waals surface area (Å²) in [5, 5.41) is 0. The van der Waals surface area contributed by atoms with Gasteiger partial charge in [-0.1, -0.05) is 35.9 Å². The van der Waals surface area contributed by atoms with Gasteiger partial charge in [-0.05, 0) is 46.2 Å². The van der Waals surface area contributed by atoms with Crippen molar-refractivity contribution in [2.24, 2.45) is 0 Å². The second-order valence-electron chi connectivity index (χ2n) is 6.66. The highest BCUT2D eigenvalue weighted by molar-refractivity contribution is 7.25. The molecule has 0 atom stereocenters. The van der Waals surface area contributed by atoms with Crippen molar-refractivity contribution in [3.63, 3.8) is 0 Å². The van der Waals surface area contributed by atoms with E-state index in [1.54, 1.807) is 11.3 Å². The van der Waals surface area contributed by atoms with Crippen LogP contribution in [0.3, 0.4) is 0 Å². The molecule has 0 bridgehead atoms. The first kappa shape index (κ1) is 14.8. The summed E-state index contributed by atoms with van der Waals surface area (Å²) >= 11 is 1.74.